The van der Waals surface area contributed by atoms with E-state index in [1.54, 1.807) is 37.3 Å². The van der Waals surface area contributed by atoms with Gasteiger partial charge in [0, 0.05) is 17.2 Å². The molecule has 0 radical (unpaired) electrons. The van der Waals surface area contributed by atoms with Gasteiger partial charge < -0.3 is 14.4 Å². The third kappa shape index (κ3) is 4.60. The molecule has 1 amide bonds. The van der Waals surface area contributed by atoms with Crippen molar-refractivity contribution in [3.8, 4) is 11.5 Å². The Balaban J connectivity index is 1.62. The highest BCUT2D eigenvalue weighted by atomic mass is 32.2. The molecule has 1 aliphatic rings. The van der Waals surface area contributed by atoms with Gasteiger partial charge in [-0.2, -0.15) is 0 Å². The monoisotopic (exact) mass is 453 g/mol. The maximum Gasteiger partial charge on any atom is 0.236 e. The van der Waals surface area contributed by atoms with Crippen LogP contribution in [0.25, 0.3) is 0 Å². The predicted octanol–water partition coefficient (Wildman–Crippen LogP) is 5.56. The van der Waals surface area contributed by atoms with E-state index in [0.29, 0.717) is 12.3 Å². The van der Waals surface area contributed by atoms with E-state index in [-0.39, 0.29) is 17.2 Å². The number of rotatable bonds is 7. The van der Waals surface area contributed by atoms with Gasteiger partial charge in [0.2, 0.25) is 5.91 Å². The first-order chi connectivity index (χ1) is 15.1. The van der Waals surface area contributed by atoms with Crippen molar-refractivity contribution in [2.45, 2.75) is 30.4 Å². The van der Waals surface area contributed by atoms with E-state index >= 15 is 0 Å². The lowest BCUT2D eigenvalue weighted by atomic mass is 9.90. The molecule has 1 aromatic heterocycles. The van der Waals surface area contributed by atoms with Gasteiger partial charge in [-0.05, 0) is 53.6 Å². The van der Waals surface area contributed by atoms with Crippen LogP contribution < -0.4 is 9.47 Å². The number of hydrogen-bond donors (Lipinski definition) is 0. The smallest absolute Gasteiger partial charge is 0.236 e. The molecule has 1 aliphatic heterocycles. The number of carbonyl (C=O) groups is 1. The average molecular weight is 454 g/mol. The number of thioether (sulfide) groups is 1. The van der Waals surface area contributed by atoms with Crippen LogP contribution in [-0.2, 0) is 17.0 Å². The normalized spacial score (nSPS) is 16.5. The number of thiophene rings is 1. The molecule has 31 heavy (non-hydrogen) atoms. The van der Waals surface area contributed by atoms with E-state index in [1.807, 2.05) is 42.2 Å². The molecule has 2 aromatic carbocycles. The van der Waals surface area contributed by atoms with Gasteiger partial charge in [-0.15, -0.1) is 23.1 Å². The largest absolute Gasteiger partial charge is 0.493 e. The third-order valence-electron chi connectivity index (χ3n) is 5.66. The topological polar surface area (TPSA) is 38.8 Å². The highest BCUT2D eigenvalue weighted by Crippen LogP contribution is 2.42. The molecule has 0 N–H and O–H groups in total. The fraction of sp³-hybridized carbons (Fsp3) is 0.320. The number of fused-ring (bicyclic) bond motifs is 1. The number of amides is 1. The van der Waals surface area contributed by atoms with E-state index in [0.717, 1.165) is 23.5 Å². The standard InChI is InChI=1S/C25H27NO3S2/c1-17(31-16-18-8-5-4-6-9-18)25(27)26-12-11-19-14-21(28-2)22(29-3)15-20(19)24(26)23-10-7-13-30-23/h4-10,13-15,17,24H,11-12,16H2,1-3H3. The van der Waals surface area contributed by atoms with Crippen molar-refractivity contribution in [3.63, 3.8) is 0 Å². The van der Waals surface area contributed by atoms with E-state index in [4.69, 9.17) is 9.47 Å². The first-order valence-corrected chi connectivity index (χ1v) is 12.3. The number of benzene rings is 2. The summed E-state index contributed by atoms with van der Waals surface area (Å²) >= 11 is 3.38. The number of nitrogens with zero attached hydrogens (tertiary/aromatic N) is 1. The quantitative estimate of drug-likeness (QED) is 0.469. The Bertz CT molecular complexity index is 1020. The Kier molecular flexibility index (Phi) is 6.88. The molecule has 0 saturated carbocycles. The Labute approximate surface area is 192 Å². The zero-order valence-electron chi connectivity index (χ0n) is 18.0. The number of hydrogen-bond acceptors (Lipinski definition) is 5. The second-order valence-corrected chi connectivity index (χ2v) is 9.85. The van der Waals surface area contributed by atoms with Crippen molar-refractivity contribution in [2.24, 2.45) is 0 Å². The first-order valence-electron chi connectivity index (χ1n) is 10.4. The van der Waals surface area contributed by atoms with Crippen molar-refractivity contribution >= 4 is 29.0 Å². The molecule has 162 valence electrons. The maximum atomic E-state index is 13.6. The second-order valence-electron chi connectivity index (χ2n) is 7.54. The van der Waals surface area contributed by atoms with Crippen LogP contribution in [0, 0.1) is 0 Å². The molecule has 0 saturated heterocycles. The highest BCUT2D eigenvalue weighted by Gasteiger charge is 2.35. The first kappa shape index (κ1) is 21.8. The third-order valence-corrected chi connectivity index (χ3v) is 7.79. The molecule has 2 atom stereocenters. The predicted molar refractivity (Wildman–Crippen MR) is 128 cm³/mol. The zero-order valence-corrected chi connectivity index (χ0v) is 19.7. The summed E-state index contributed by atoms with van der Waals surface area (Å²) in [5, 5.41) is 1.95. The summed E-state index contributed by atoms with van der Waals surface area (Å²) in [6.45, 7) is 2.71. The molecule has 0 spiro atoms. The molecule has 4 nitrogen and oxygen atoms in total. The lowest BCUT2D eigenvalue weighted by Gasteiger charge is -2.38. The zero-order chi connectivity index (χ0) is 21.8. The summed E-state index contributed by atoms with van der Waals surface area (Å²) < 4.78 is 11.1. The molecule has 0 bridgehead atoms. The molecular formula is C25H27NO3S2. The van der Waals surface area contributed by atoms with Gasteiger partial charge in [-0.25, -0.2) is 0 Å². The van der Waals surface area contributed by atoms with Crippen LogP contribution in [0.15, 0.2) is 60.0 Å². The van der Waals surface area contributed by atoms with Crippen LogP contribution in [0.4, 0.5) is 0 Å². The number of methoxy groups -OCH3 is 2. The Morgan fingerprint density at radius 3 is 2.55 bits per heavy atom. The van der Waals surface area contributed by atoms with Crippen LogP contribution in [0.3, 0.4) is 0 Å². The fourth-order valence-electron chi connectivity index (χ4n) is 4.04. The van der Waals surface area contributed by atoms with E-state index in [2.05, 4.69) is 29.6 Å². The molecule has 0 fully saturated rings. The van der Waals surface area contributed by atoms with Crippen LogP contribution in [0.2, 0.25) is 0 Å². The van der Waals surface area contributed by atoms with Crippen LogP contribution in [0.1, 0.15) is 34.5 Å². The van der Waals surface area contributed by atoms with Crippen molar-refractivity contribution in [2.75, 3.05) is 20.8 Å². The van der Waals surface area contributed by atoms with E-state index in [1.165, 1.54) is 16.0 Å². The number of carbonyl (C=O) groups excluding carboxylic acids is 1. The Morgan fingerprint density at radius 1 is 1.13 bits per heavy atom. The Hall–Kier alpha value is -2.44. The molecule has 0 aliphatic carbocycles. The van der Waals surface area contributed by atoms with Crippen LogP contribution in [-0.4, -0.2) is 36.8 Å². The van der Waals surface area contributed by atoms with Crippen LogP contribution in [0.5, 0.6) is 11.5 Å². The van der Waals surface area contributed by atoms with Crippen LogP contribution >= 0.6 is 23.1 Å². The minimum absolute atomic E-state index is 0.101. The van der Waals surface area contributed by atoms with Crippen molar-refractivity contribution in [1.29, 1.82) is 0 Å². The van der Waals surface area contributed by atoms with E-state index < -0.39 is 0 Å². The highest BCUT2D eigenvalue weighted by molar-refractivity contribution is 7.99. The molecule has 2 heterocycles. The SMILES string of the molecule is COc1cc2c(cc1OC)C(c1cccs1)N(C(=O)C(C)SCc1ccccc1)CC2. The summed E-state index contributed by atoms with van der Waals surface area (Å²) in [4.78, 5) is 16.8. The lowest BCUT2D eigenvalue weighted by Crippen LogP contribution is -2.43. The van der Waals surface area contributed by atoms with Crippen molar-refractivity contribution < 1.29 is 14.3 Å². The average Bonchev–Trinajstić information content (AvgIpc) is 3.35. The molecule has 4 rings (SSSR count). The fourth-order valence-corrected chi connectivity index (χ4v) is 5.80. The van der Waals surface area contributed by atoms with Gasteiger partial charge in [-0.1, -0.05) is 36.4 Å². The van der Waals surface area contributed by atoms with Gasteiger partial charge >= 0.3 is 0 Å². The lowest BCUT2D eigenvalue weighted by molar-refractivity contribution is -0.132. The minimum Gasteiger partial charge on any atom is -0.493 e. The number of ether oxygens (including phenoxy) is 2. The van der Waals surface area contributed by atoms with Gasteiger partial charge in [0.1, 0.15) is 0 Å². The van der Waals surface area contributed by atoms with Gasteiger partial charge in [-0.3, -0.25) is 4.79 Å². The van der Waals surface area contributed by atoms with Gasteiger partial charge in [0.05, 0.1) is 25.5 Å². The maximum absolute atomic E-state index is 13.6. The Morgan fingerprint density at radius 2 is 1.87 bits per heavy atom. The van der Waals surface area contributed by atoms with Crippen molar-refractivity contribution in [3.05, 3.63) is 81.5 Å². The summed E-state index contributed by atoms with van der Waals surface area (Å²) in [5.74, 6) is 2.44. The second kappa shape index (κ2) is 9.79. The molecule has 2 unspecified atom stereocenters. The molecule has 3 aromatic rings. The summed E-state index contributed by atoms with van der Waals surface area (Å²) in [6.07, 6.45) is 0.805. The van der Waals surface area contributed by atoms with Gasteiger partial charge in [0.15, 0.2) is 11.5 Å². The molecule has 6 heteroatoms. The molecular weight excluding hydrogens is 426 g/mol. The van der Waals surface area contributed by atoms with E-state index in [9.17, 15) is 4.79 Å². The minimum atomic E-state index is -0.121. The summed E-state index contributed by atoms with van der Waals surface area (Å²) in [6, 6.07) is 18.5. The van der Waals surface area contributed by atoms with Gasteiger partial charge in [0.25, 0.3) is 0 Å². The summed E-state index contributed by atoms with van der Waals surface area (Å²) in [5.41, 5.74) is 3.58. The van der Waals surface area contributed by atoms with Crippen molar-refractivity contribution in [1.82, 2.24) is 4.90 Å². The summed E-state index contributed by atoms with van der Waals surface area (Å²) in [7, 11) is 3.31.